The quantitative estimate of drug-likeness (QED) is 0.180. The van der Waals surface area contributed by atoms with Crippen LogP contribution < -0.4 is 9.64 Å². The zero-order valence-corrected chi connectivity index (χ0v) is 27.6. The van der Waals surface area contributed by atoms with Gasteiger partial charge in [-0.1, -0.05) is 66.4 Å². The predicted octanol–water partition coefficient (Wildman–Crippen LogP) is 12.9. The van der Waals surface area contributed by atoms with Crippen LogP contribution in [0.25, 0.3) is 76.1 Å². The van der Waals surface area contributed by atoms with Gasteiger partial charge in [0.15, 0.2) is 22.7 Å². The normalized spacial score (nSPS) is 13.2. The topological polar surface area (TPSA) is 64.5 Å². The van der Waals surface area contributed by atoms with Crippen LogP contribution in [0.15, 0.2) is 146 Å². The number of para-hydroxylation sites is 4. The fourth-order valence-corrected chi connectivity index (χ4v) is 9.68. The molecule has 0 atom stereocenters. The lowest BCUT2D eigenvalue weighted by Gasteiger charge is -2.38. The molecule has 7 aromatic carbocycles. The van der Waals surface area contributed by atoms with Crippen LogP contribution in [0.2, 0.25) is 0 Å². The minimum atomic E-state index is 0.568. The number of fused-ring (bicyclic) bond motifs is 12. The molecule has 0 spiro atoms. The molecule has 0 aliphatic carbocycles. The highest BCUT2D eigenvalue weighted by Gasteiger charge is 2.37. The number of nitrogens with zero attached hydrogens (tertiary/aromatic N) is 3. The zero-order valence-electron chi connectivity index (χ0n) is 26.0. The smallest absolute Gasteiger partial charge is 0.227 e. The molecular formula is C42H21N3O3S2. The molecule has 2 aliphatic rings. The van der Waals surface area contributed by atoms with Crippen molar-refractivity contribution in [1.82, 2.24) is 9.97 Å². The Hall–Kier alpha value is -6.09. The Bertz CT molecular complexity index is 2930. The minimum Gasteiger partial charge on any atom is -0.451 e. The van der Waals surface area contributed by atoms with E-state index in [1.807, 2.05) is 60.7 Å². The van der Waals surface area contributed by atoms with E-state index in [1.54, 1.807) is 23.1 Å². The van der Waals surface area contributed by atoms with Crippen LogP contribution in [0.1, 0.15) is 0 Å². The number of aromatic nitrogens is 2. The molecule has 5 heterocycles. The van der Waals surface area contributed by atoms with Gasteiger partial charge in [0.05, 0.1) is 16.1 Å². The standard InChI is InChI=1S/C42H21N3O3S2/c1-2-8-25-22(7-1)14-18-35-37(25)26-21-36-38-39(40(26)50-35)46-33-16-13-23(41-43-27-9-3-5-11-31(27)47-41)19-29(33)45(38)30-20-24(15-17-34(30)49-36)42-44-28-10-4-6-12-32(28)48-42/h1-21H. The number of thiophene rings is 1. The monoisotopic (exact) mass is 679 g/mol. The fraction of sp³-hybridized carbons (Fsp3) is 0. The lowest BCUT2D eigenvalue weighted by atomic mass is 10.0. The maximum absolute atomic E-state index is 6.97. The summed E-state index contributed by atoms with van der Waals surface area (Å²) in [4.78, 5) is 14.3. The molecule has 50 heavy (non-hydrogen) atoms. The lowest BCUT2D eigenvalue weighted by molar-refractivity contribution is 0.481. The van der Waals surface area contributed by atoms with Gasteiger partial charge in [0.1, 0.15) is 16.7 Å². The average molecular weight is 680 g/mol. The van der Waals surface area contributed by atoms with Crippen LogP contribution >= 0.6 is 23.1 Å². The van der Waals surface area contributed by atoms with Gasteiger partial charge >= 0.3 is 0 Å². The molecule has 6 nitrogen and oxygen atoms in total. The summed E-state index contributed by atoms with van der Waals surface area (Å²) in [7, 11) is 0. The molecule has 8 heteroatoms. The van der Waals surface area contributed by atoms with E-state index < -0.39 is 0 Å². The molecule has 234 valence electrons. The first-order valence-electron chi connectivity index (χ1n) is 16.3. The van der Waals surface area contributed by atoms with Gasteiger partial charge in [0, 0.05) is 36.4 Å². The van der Waals surface area contributed by atoms with Crippen LogP contribution in [0.3, 0.4) is 0 Å². The van der Waals surface area contributed by atoms with E-state index in [1.165, 1.54) is 26.2 Å². The SMILES string of the molecule is c1ccc2c(c1)ccc1sc3c4c5c(cc3c12)Sc1ccc(-c2nc3ccccc3o2)cc1N5c1cc(-c2nc3ccccc3o2)ccc1O4. The highest BCUT2D eigenvalue weighted by atomic mass is 32.2. The van der Waals surface area contributed by atoms with Crippen molar-refractivity contribution < 1.29 is 13.6 Å². The van der Waals surface area contributed by atoms with Crippen molar-refractivity contribution in [1.29, 1.82) is 0 Å². The Morgan fingerprint density at radius 3 is 2.06 bits per heavy atom. The maximum Gasteiger partial charge on any atom is 0.227 e. The molecule has 0 unspecified atom stereocenters. The Kier molecular flexibility index (Phi) is 5.23. The van der Waals surface area contributed by atoms with E-state index in [9.17, 15) is 0 Å². The van der Waals surface area contributed by atoms with Gasteiger partial charge in [-0.05, 0) is 83.6 Å². The summed E-state index contributed by atoms with van der Waals surface area (Å²) in [5, 5.41) is 4.97. The molecule has 3 aromatic heterocycles. The van der Waals surface area contributed by atoms with Crippen molar-refractivity contribution in [3.8, 4) is 34.4 Å². The third-order valence-electron chi connectivity index (χ3n) is 9.68. The second-order valence-corrected chi connectivity index (χ2v) is 14.7. The summed E-state index contributed by atoms with van der Waals surface area (Å²) in [5.41, 5.74) is 7.94. The number of rotatable bonds is 2. The Labute approximate surface area is 292 Å². The highest BCUT2D eigenvalue weighted by Crippen LogP contribution is 2.63. The van der Waals surface area contributed by atoms with Crippen LogP contribution in [0.4, 0.5) is 17.1 Å². The highest BCUT2D eigenvalue weighted by molar-refractivity contribution is 7.99. The second kappa shape index (κ2) is 9.75. The van der Waals surface area contributed by atoms with Crippen LogP contribution in [-0.4, -0.2) is 9.97 Å². The molecule has 0 fully saturated rings. The lowest BCUT2D eigenvalue weighted by Crippen LogP contribution is -2.20. The first-order valence-corrected chi connectivity index (χ1v) is 17.9. The molecular weight excluding hydrogens is 659 g/mol. The van der Waals surface area contributed by atoms with Gasteiger partial charge in [-0.15, -0.1) is 11.3 Å². The van der Waals surface area contributed by atoms with E-state index in [2.05, 4.69) is 71.6 Å². The molecule has 0 radical (unpaired) electrons. The minimum absolute atomic E-state index is 0.568. The zero-order chi connectivity index (χ0) is 32.5. The number of hydrogen-bond donors (Lipinski definition) is 0. The van der Waals surface area contributed by atoms with E-state index in [4.69, 9.17) is 23.5 Å². The summed E-state index contributed by atoms with van der Waals surface area (Å²) >= 11 is 3.56. The van der Waals surface area contributed by atoms with Crippen molar-refractivity contribution in [2.24, 2.45) is 0 Å². The molecule has 12 rings (SSSR count). The van der Waals surface area contributed by atoms with E-state index in [-0.39, 0.29) is 0 Å². The number of ether oxygens (including phenoxy) is 1. The number of anilines is 3. The van der Waals surface area contributed by atoms with Crippen LogP contribution in [0, 0.1) is 0 Å². The van der Waals surface area contributed by atoms with Crippen molar-refractivity contribution in [2.75, 3.05) is 4.90 Å². The van der Waals surface area contributed by atoms with Crippen molar-refractivity contribution in [2.45, 2.75) is 9.79 Å². The van der Waals surface area contributed by atoms with Gasteiger partial charge in [-0.3, -0.25) is 0 Å². The molecule has 0 N–H and O–H groups in total. The Morgan fingerprint density at radius 1 is 0.580 bits per heavy atom. The van der Waals surface area contributed by atoms with Gasteiger partial charge in [0.25, 0.3) is 0 Å². The summed E-state index contributed by atoms with van der Waals surface area (Å²) in [5.74, 6) is 2.79. The largest absolute Gasteiger partial charge is 0.451 e. The first kappa shape index (κ1) is 26.8. The van der Waals surface area contributed by atoms with Crippen LogP contribution in [-0.2, 0) is 0 Å². The van der Waals surface area contributed by atoms with Crippen molar-refractivity contribution >= 4 is 93.3 Å². The Balaban J connectivity index is 1.12. The predicted molar refractivity (Wildman–Crippen MR) is 202 cm³/mol. The summed E-state index contributed by atoms with van der Waals surface area (Å²) in [6.45, 7) is 0. The molecule has 10 aromatic rings. The number of oxazole rings is 2. The van der Waals surface area contributed by atoms with Gasteiger partial charge in [0.2, 0.25) is 11.8 Å². The number of hydrogen-bond acceptors (Lipinski definition) is 8. The molecule has 0 saturated heterocycles. The molecule has 2 aliphatic heterocycles. The van der Waals surface area contributed by atoms with E-state index in [0.717, 1.165) is 76.4 Å². The maximum atomic E-state index is 6.97. The molecule has 0 bridgehead atoms. The van der Waals surface area contributed by atoms with Crippen molar-refractivity contribution in [3.05, 3.63) is 127 Å². The third kappa shape index (κ3) is 3.69. The van der Waals surface area contributed by atoms with Crippen LogP contribution in [0.5, 0.6) is 11.5 Å². The summed E-state index contributed by atoms with van der Waals surface area (Å²) in [6, 6.07) is 43.8. The van der Waals surface area contributed by atoms with Gasteiger partial charge in [-0.2, -0.15) is 0 Å². The molecule has 0 saturated carbocycles. The van der Waals surface area contributed by atoms with Gasteiger partial charge < -0.3 is 18.5 Å². The Morgan fingerprint density at radius 2 is 1.28 bits per heavy atom. The second-order valence-electron chi connectivity index (χ2n) is 12.6. The van der Waals surface area contributed by atoms with Crippen molar-refractivity contribution in [3.63, 3.8) is 0 Å². The first-order chi connectivity index (χ1) is 24.7. The van der Waals surface area contributed by atoms with E-state index in [0.29, 0.717) is 11.8 Å². The average Bonchev–Trinajstić information content (AvgIpc) is 3.90. The third-order valence-corrected chi connectivity index (χ3v) is 11.9. The summed E-state index contributed by atoms with van der Waals surface area (Å²) in [6.07, 6.45) is 0. The fourth-order valence-electron chi connectivity index (χ4n) is 7.42. The van der Waals surface area contributed by atoms with Gasteiger partial charge in [-0.25, -0.2) is 9.97 Å². The van der Waals surface area contributed by atoms with E-state index >= 15 is 0 Å². The number of benzene rings is 7. The summed E-state index contributed by atoms with van der Waals surface area (Å²) < 4.78 is 21.8. The molecule has 0 amide bonds.